The number of benzene rings is 2. The normalized spacial score (nSPS) is 11.8. The number of rotatable bonds is 8. The van der Waals surface area contributed by atoms with E-state index in [1.54, 1.807) is 42.9 Å². The summed E-state index contributed by atoms with van der Waals surface area (Å²) in [5.41, 5.74) is 7.44. The molecule has 0 saturated heterocycles. The van der Waals surface area contributed by atoms with E-state index in [0.717, 1.165) is 21.3 Å². The lowest BCUT2D eigenvalue weighted by molar-refractivity contribution is -0.127. The number of nitrogens with one attached hydrogen (secondary N) is 1. The zero-order valence-corrected chi connectivity index (χ0v) is 21.2. The van der Waals surface area contributed by atoms with Gasteiger partial charge < -0.3 is 25.1 Å². The minimum absolute atomic E-state index is 0.0811. The Morgan fingerprint density at radius 1 is 1.08 bits per heavy atom. The van der Waals surface area contributed by atoms with Crippen LogP contribution in [0.2, 0.25) is 0 Å². The number of aryl methyl sites for hydroxylation is 1. The summed E-state index contributed by atoms with van der Waals surface area (Å²) in [5.74, 6) is -3.10. The lowest BCUT2D eigenvalue weighted by atomic mass is 9.97. The fraction of sp³-hybridized carbons (Fsp3) is 0.111. The van der Waals surface area contributed by atoms with E-state index >= 15 is 4.39 Å². The zero-order valence-electron chi connectivity index (χ0n) is 20.3. The molecule has 1 atom stereocenters. The van der Waals surface area contributed by atoms with Crippen LogP contribution < -0.4 is 20.5 Å². The zero-order chi connectivity index (χ0) is 26.8. The van der Waals surface area contributed by atoms with E-state index in [4.69, 9.17) is 15.2 Å². The number of amides is 2. The molecule has 9 nitrogen and oxygen atoms in total. The van der Waals surface area contributed by atoms with Crippen LogP contribution in [0.3, 0.4) is 0 Å². The van der Waals surface area contributed by atoms with Crippen LogP contribution in [0.5, 0.6) is 17.2 Å². The van der Waals surface area contributed by atoms with E-state index in [1.807, 2.05) is 23.9 Å². The number of imidazole rings is 1. The molecule has 1 unspecified atom stereocenters. The van der Waals surface area contributed by atoms with Gasteiger partial charge in [-0.1, -0.05) is 18.2 Å². The van der Waals surface area contributed by atoms with Crippen LogP contribution in [0.25, 0.3) is 20.8 Å². The Morgan fingerprint density at radius 2 is 1.89 bits per heavy atom. The van der Waals surface area contributed by atoms with Crippen LogP contribution in [0, 0.1) is 5.82 Å². The first-order chi connectivity index (χ1) is 18.3. The summed E-state index contributed by atoms with van der Waals surface area (Å²) in [7, 11) is 3.34. The topological polar surface area (TPSA) is 121 Å². The minimum Gasteiger partial charge on any atom is -0.495 e. The van der Waals surface area contributed by atoms with Crippen molar-refractivity contribution in [3.05, 3.63) is 84.7 Å². The number of nitrogens with two attached hydrogens (primary N) is 1. The number of halogens is 1. The fourth-order valence-electron chi connectivity index (χ4n) is 3.96. The number of aromatic nitrogens is 3. The van der Waals surface area contributed by atoms with Crippen LogP contribution >= 0.6 is 11.3 Å². The smallest absolute Gasteiger partial charge is 0.241 e. The molecule has 0 saturated carbocycles. The number of methoxy groups -OCH3 is 1. The van der Waals surface area contributed by atoms with E-state index < -0.39 is 23.5 Å². The third kappa shape index (κ3) is 4.91. The number of pyridine rings is 1. The number of carbonyl (C=O) groups excluding carboxylic acids is 2. The van der Waals surface area contributed by atoms with Gasteiger partial charge in [0.2, 0.25) is 11.8 Å². The van der Waals surface area contributed by atoms with Gasteiger partial charge in [0.05, 0.1) is 39.9 Å². The summed E-state index contributed by atoms with van der Waals surface area (Å²) in [6.07, 6.45) is 5.17. The molecule has 11 heteroatoms. The summed E-state index contributed by atoms with van der Waals surface area (Å²) >= 11 is 1.43. The second kappa shape index (κ2) is 10.3. The molecule has 0 fully saturated rings. The van der Waals surface area contributed by atoms with Gasteiger partial charge in [0.25, 0.3) is 0 Å². The van der Waals surface area contributed by atoms with E-state index in [0.29, 0.717) is 22.7 Å². The first kappa shape index (κ1) is 24.9. The molecule has 0 aliphatic carbocycles. The van der Waals surface area contributed by atoms with Crippen LogP contribution in [-0.4, -0.2) is 33.5 Å². The van der Waals surface area contributed by atoms with Crippen molar-refractivity contribution in [3.63, 3.8) is 0 Å². The van der Waals surface area contributed by atoms with Crippen molar-refractivity contribution in [2.75, 3.05) is 12.4 Å². The first-order valence-electron chi connectivity index (χ1n) is 11.4. The van der Waals surface area contributed by atoms with Gasteiger partial charge in [-0.2, -0.15) is 0 Å². The van der Waals surface area contributed by atoms with Crippen molar-refractivity contribution in [1.82, 2.24) is 14.5 Å². The Balaban J connectivity index is 1.41. The number of thiophene rings is 1. The molecule has 3 N–H and O–H groups in total. The van der Waals surface area contributed by atoms with Crippen molar-refractivity contribution in [2.24, 2.45) is 12.8 Å². The number of fused-ring (bicyclic) bond motifs is 1. The Bertz CT molecular complexity index is 1660. The maximum absolute atomic E-state index is 15.2. The SMILES string of the molecule is COc1ccccc1NC(=O)C(C(N)=O)c1ccc(Oc2ccnc3cc(-c4cn(C)cn4)sc23)c(F)c1. The number of hydrogen-bond acceptors (Lipinski definition) is 7. The molecule has 3 heterocycles. The van der Waals surface area contributed by atoms with Crippen molar-refractivity contribution in [2.45, 2.75) is 5.92 Å². The largest absolute Gasteiger partial charge is 0.495 e. The second-order valence-electron chi connectivity index (χ2n) is 8.38. The molecule has 2 amide bonds. The average molecular weight is 532 g/mol. The van der Waals surface area contributed by atoms with Crippen LogP contribution in [0.15, 0.2) is 73.3 Å². The number of nitrogens with zero attached hydrogens (tertiary/aromatic N) is 3. The fourth-order valence-corrected chi connectivity index (χ4v) is 4.98. The molecular formula is C27H22FN5O4S. The van der Waals surface area contributed by atoms with Crippen molar-refractivity contribution in [3.8, 4) is 27.8 Å². The van der Waals surface area contributed by atoms with Gasteiger partial charge in [-0.25, -0.2) is 9.37 Å². The van der Waals surface area contributed by atoms with E-state index in [9.17, 15) is 9.59 Å². The predicted molar refractivity (Wildman–Crippen MR) is 142 cm³/mol. The van der Waals surface area contributed by atoms with Gasteiger partial charge >= 0.3 is 0 Å². The summed E-state index contributed by atoms with van der Waals surface area (Å²) in [6.45, 7) is 0. The number of para-hydroxylation sites is 2. The van der Waals surface area contributed by atoms with Gasteiger partial charge in [0, 0.05) is 25.5 Å². The molecule has 0 aliphatic heterocycles. The van der Waals surface area contributed by atoms with Gasteiger partial charge in [-0.15, -0.1) is 11.3 Å². The third-order valence-corrected chi connectivity index (χ3v) is 6.92. The number of anilines is 1. The summed E-state index contributed by atoms with van der Waals surface area (Å²) in [4.78, 5) is 34.8. The first-order valence-corrected chi connectivity index (χ1v) is 12.2. The van der Waals surface area contributed by atoms with E-state index in [-0.39, 0.29) is 11.3 Å². The molecule has 0 aliphatic rings. The van der Waals surface area contributed by atoms with Crippen molar-refractivity contribution >= 4 is 39.1 Å². The lowest BCUT2D eigenvalue weighted by Gasteiger charge is -2.16. The van der Waals surface area contributed by atoms with Crippen molar-refractivity contribution < 1.29 is 23.5 Å². The number of carbonyl (C=O) groups is 2. The monoisotopic (exact) mass is 531 g/mol. The molecule has 38 heavy (non-hydrogen) atoms. The molecule has 5 rings (SSSR count). The summed E-state index contributed by atoms with van der Waals surface area (Å²) in [6, 6.07) is 14.1. The summed E-state index contributed by atoms with van der Waals surface area (Å²) < 4.78 is 28.9. The molecule has 2 aromatic carbocycles. The highest BCUT2D eigenvalue weighted by molar-refractivity contribution is 7.22. The maximum atomic E-state index is 15.2. The standard InChI is InChI=1S/C27H22FN5O4S/c1-33-13-19(31-14-33)23-12-18-25(38-23)22(9-10-30-18)37-20-8-7-15(11-16(20)28)24(26(29)34)27(35)32-17-5-3-4-6-21(17)36-2/h3-14,24H,1-2H3,(H2,29,34)(H,32,35). The molecular weight excluding hydrogens is 509 g/mol. The van der Waals surface area contributed by atoms with Crippen LogP contribution in [0.4, 0.5) is 10.1 Å². The third-order valence-electron chi connectivity index (χ3n) is 5.75. The van der Waals surface area contributed by atoms with Gasteiger partial charge in [0.15, 0.2) is 11.6 Å². The molecule has 0 bridgehead atoms. The molecule has 192 valence electrons. The summed E-state index contributed by atoms with van der Waals surface area (Å²) in [5, 5.41) is 2.62. The molecule has 5 aromatic rings. The Hall–Kier alpha value is -4.77. The highest BCUT2D eigenvalue weighted by Crippen LogP contribution is 2.39. The second-order valence-corrected chi connectivity index (χ2v) is 9.43. The average Bonchev–Trinajstić information content (AvgIpc) is 3.52. The van der Waals surface area contributed by atoms with Gasteiger partial charge in [-0.3, -0.25) is 14.6 Å². The Labute approximate surface area is 220 Å². The molecule has 0 radical (unpaired) electrons. The number of ether oxygens (including phenoxy) is 2. The van der Waals surface area contributed by atoms with Crippen LogP contribution in [-0.2, 0) is 16.6 Å². The number of hydrogen-bond donors (Lipinski definition) is 2. The van der Waals surface area contributed by atoms with E-state index in [2.05, 4.69) is 15.3 Å². The van der Waals surface area contributed by atoms with E-state index in [1.165, 1.54) is 30.6 Å². The van der Waals surface area contributed by atoms with Gasteiger partial charge in [-0.05, 0) is 35.9 Å². The highest BCUT2D eigenvalue weighted by atomic mass is 32.1. The quantitative estimate of drug-likeness (QED) is 0.276. The lowest BCUT2D eigenvalue weighted by Crippen LogP contribution is -2.32. The Kier molecular flexibility index (Phi) is 6.75. The molecule has 0 spiro atoms. The number of primary amides is 1. The van der Waals surface area contributed by atoms with Crippen LogP contribution in [0.1, 0.15) is 11.5 Å². The minimum atomic E-state index is -1.44. The molecule has 3 aromatic heterocycles. The predicted octanol–water partition coefficient (Wildman–Crippen LogP) is 4.84. The Morgan fingerprint density at radius 3 is 2.61 bits per heavy atom. The highest BCUT2D eigenvalue weighted by Gasteiger charge is 2.28. The maximum Gasteiger partial charge on any atom is 0.241 e. The van der Waals surface area contributed by atoms with Gasteiger partial charge in [0.1, 0.15) is 17.4 Å². The van der Waals surface area contributed by atoms with Crippen molar-refractivity contribution in [1.29, 1.82) is 0 Å².